The second-order valence-corrected chi connectivity index (χ2v) is 2.09. The molecule has 0 saturated heterocycles. The van der Waals surface area contributed by atoms with E-state index in [1.165, 1.54) is 0 Å². The van der Waals surface area contributed by atoms with Crippen LogP contribution >= 0.6 is 15.9 Å². The Bertz CT molecular complexity index is 90.7. The summed E-state index contributed by atoms with van der Waals surface area (Å²) in [4.78, 5) is 0. The minimum atomic E-state index is 1.13. The highest BCUT2D eigenvalue weighted by molar-refractivity contribution is 9.11. The van der Waals surface area contributed by atoms with E-state index in [-0.39, 0.29) is 0 Å². The van der Waals surface area contributed by atoms with Gasteiger partial charge in [0.15, 0.2) is 0 Å². The van der Waals surface area contributed by atoms with Gasteiger partial charge in [-0.2, -0.15) is 0 Å². The first-order valence-corrected chi connectivity index (χ1v) is 4.05. The average molecular weight is 191 g/mol. The standard InChI is InChI=1S/C6H9Br.C2H6/c1-3-5-6(7)4-2;1-2/h3-5H,1-2H3;1-2H3/b5-3-,6-4+;. The molecule has 0 bridgehead atoms. The molecule has 0 nitrogen and oxygen atoms in total. The van der Waals surface area contributed by atoms with Gasteiger partial charge in [-0.15, -0.1) is 0 Å². The molecule has 1 heteroatoms. The van der Waals surface area contributed by atoms with E-state index >= 15 is 0 Å². The van der Waals surface area contributed by atoms with Crippen molar-refractivity contribution in [2.24, 2.45) is 0 Å². The van der Waals surface area contributed by atoms with Crippen LogP contribution in [0.4, 0.5) is 0 Å². The highest BCUT2D eigenvalue weighted by Crippen LogP contribution is 2.04. The third-order valence-electron chi connectivity index (χ3n) is 0.602. The van der Waals surface area contributed by atoms with Gasteiger partial charge in [0.05, 0.1) is 0 Å². The number of halogens is 1. The molecule has 0 spiro atoms. The van der Waals surface area contributed by atoms with Crippen molar-refractivity contribution >= 4 is 15.9 Å². The van der Waals surface area contributed by atoms with Gasteiger partial charge in [0, 0.05) is 4.48 Å². The number of hydrogen-bond donors (Lipinski definition) is 0. The van der Waals surface area contributed by atoms with E-state index in [9.17, 15) is 0 Å². The molecule has 0 fully saturated rings. The van der Waals surface area contributed by atoms with Crippen molar-refractivity contribution in [3.8, 4) is 0 Å². The molecule has 0 atom stereocenters. The largest absolute Gasteiger partial charge is 0.0866 e. The van der Waals surface area contributed by atoms with E-state index in [2.05, 4.69) is 15.9 Å². The fourth-order valence-electron chi connectivity index (χ4n) is 0.255. The first-order chi connectivity index (χ1) is 4.31. The molecular formula is C8H15Br. The Kier molecular flexibility index (Phi) is 14.1. The van der Waals surface area contributed by atoms with Gasteiger partial charge in [-0.25, -0.2) is 0 Å². The number of allylic oxidation sites excluding steroid dienone is 4. The van der Waals surface area contributed by atoms with Crippen molar-refractivity contribution in [1.29, 1.82) is 0 Å². The summed E-state index contributed by atoms with van der Waals surface area (Å²) in [7, 11) is 0. The maximum atomic E-state index is 3.31. The Balaban J connectivity index is 0. The average Bonchev–Trinajstić information content (AvgIpc) is 1.93. The lowest BCUT2D eigenvalue weighted by Gasteiger charge is -1.78. The van der Waals surface area contributed by atoms with E-state index in [0.717, 1.165) is 4.48 Å². The van der Waals surface area contributed by atoms with Gasteiger partial charge >= 0.3 is 0 Å². The van der Waals surface area contributed by atoms with E-state index in [1.54, 1.807) is 0 Å². The molecule has 0 aromatic heterocycles. The van der Waals surface area contributed by atoms with Gasteiger partial charge in [0.25, 0.3) is 0 Å². The molecule has 0 radical (unpaired) electrons. The van der Waals surface area contributed by atoms with E-state index in [0.29, 0.717) is 0 Å². The summed E-state index contributed by atoms with van der Waals surface area (Å²) in [6.07, 6.45) is 5.99. The summed E-state index contributed by atoms with van der Waals surface area (Å²) < 4.78 is 1.13. The van der Waals surface area contributed by atoms with Crippen LogP contribution in [0.3, 0.4) is 0 Å². The van der Waals surface area contributed by atoms with Crippen LogP contribution < -0.4 is 0 Å². The lowest BCUT2D eigenvalue weighted by molar-refractivity contribution is 1.50. The second kappa shape index (κ2) is 10.9. The van der Waals surface area contributed by atoms with Gasteiger partial charge in [0.1, 0.15) is 0 Å². The Morgan fingerprint density at radius 3 is 1.78 bits per heavy atom. The highest BCUT2D eigenvalue weighted by Gasteiger charge is 1.72. The van der Waals surface area contributed by atoms with Crippen LogP contribution in [0.25, 0.3) is 0 Å². The first-order valence-electron chi connectivity index (χ1n) is 3.25. The van der Waals surface area contributed by atoms with Gasteiger partial charge in [-0.1, -0.05) is 48.0 Å². The third kappa shape index (κ3) is 11.5. The van der Waals surface area contributed by atoms with E-state index in [4.69, 9.17) is 0 Å². The molecule has 0 aliphatic rings. The maximum Gasteiger partial charge on any atom is 0.0129 e. The van der Waals surface area contributed by atoms with E-state index < -0.39 is 0 Å². The molecule has 0 unspecified atom stereocenters. The monoisotopic (exact) mass is 190 g/mol. The molecule has 0 amide bonds. The minimum absolute atomic E-state index is 1.13. The van der Waals surface area contributed by atoms with Crippen LogP contribution in [-0.2, 0) is 0 Å². The summed E-state index contributed by atoms with van der Waals surface area (Å²) >= 11 is 3.31. The zero-order valence-electron chi connectivity index (χ0n) is 6.61. The lowest BCUT2D eigenvalue weighted by atomic mass is 10.5. The predicted molar refractivity (Wildman–Crippen MR) is 48.8 cm³/mol. The summed E-state index contributed by atoms with van der Waals surface area (Å²) in [6.45, 7) is 7.98. The summed E-state index contributed by atoms with van der Waals surface area (Å²) in [5, 5.41) is 0. The molecule has 0 saturated carbocycles. The zero-order valence-corrected chi connectivity index (χ0v) is 8.20. The normalized spacial score (nSPS) is 11.0. The van der Waals surface area contributed by atoms with Crippen molar-refractivity contribution in [2.45, 2.75) is 27.7 Å². The number of rotatable bonds is 1. The van der Waals surface area contributed by atoms with Crippen LogP contribution in [0, 0.1) is 0 Å². The van der Waals surface area contributed by atoms with Gasteiger partial charge in [-0.05, 0) is 13.8 Å². The molecule has 54 valence electrons. The van der Waals surface area contributed by atoms with Crippen molar-refractivity contribution in [3.63, 3.8) is 0 Å². The Morgan fingerprint density at radius 2 is 1.67 bits per heavy atom. The van der Waals surface area contributed by atoms with Crippen LogP contribution in [0.5, 0.6) is 0 Å². The zero-order chi connectivity index (χ0) is 7.70. The minimum Gasteiger partial charge on any atom is -0.0866 e. The lowest BCUT2D eigenvalue weighted by Crippen LogP contribution is -1.53. The predicted octanol–water partition coefficient (Wildman–Crippen LogP) is 3.89. The Morgan fingerprint density at radius 1 is 1.22 bits per heavy atom. The Hall–Kier alpha value is -0.0400. The van der Waals surface area contributed by atoms with Crippen molar-refractivity contribution in [2.75, 3.05) is 0 Å². The van der Waals surface area contributed by atoms with E-state index in [1.807, 2.05) is 45.9 Å². The first kappa shape index (κ1) is 11.7. The molecule has 0 rings (SSSR count). The van der Waals surface area contributed by atoms with Crippen LogP contribution in [0.2, 0.25) is 0 Å². The molecule has 0 heterocycles. The smallest absolute Gasteiger partial charge is 0.0129 e. The van der Waals surface area contributed by atoms with Crippen molar-refractivity contribution < 1.29 is 0 Å². The van der Waals surface area contributed by atoms with Crippen LogP contribution in [0.1, 0.15) is 27.7 Å². The molecular weight excluding hydrogens is 176 g/mol. The fraction of sp³-hybridized carbons (Fsp3) is 0.500. The summed E-state index contributed by atoms with van der Waals surface area (Å²) in [6, 6.07) is 0. The topological polar surface area (TPSA) is 0 Å². The third-order valence-corrected chi connectivity index (χ3v) is 1.32. The highest BCUT2D eigenvalue weighted by atomic mass is 79.9. The van der Waals surface area contributed by atoms with Crippen molar-refractivity contribution in [3.05, 3.63) is 22.7 Å². The van der Waals surface area contributed by atoms with Crippen LogP contribution in [0.15, 0.2) is 22.7 Å². The van der Waals surface area contributed by atoms with Crippen LogP contribution in [-0.4, -0.2) is 0 Å². The Labute approximate surface area is 66.8 Å². The molecule has 0 N–H and O–H groups in total. The summed E-state index contributed by atoms with van der Waals surface area (Å²) in [5.74, 6) is 0. The summed E-state index contributed by atoms with van der Waals surface area (Å²) in [5.41, 5.74) is 0. The quantitative estimate of drug-likeness (QED) is 0.551. The second-order valence-electron chi connectivity index (χ2n) is 1.17. The SMILES string of the molecule is C/C=C\C(Br)=C/C.CC. The molecule has 0 aromatic rings. The number of hydrogen-bond acceptors (Lipinski definition) is 0. The van der Waals surface area contributed by atoms with Crippen molar-refractivity contribution in [1.82, 2.24) is 0 Å². The molecule has 9 heavy (non-hydrogen) atoms. The molecule has 0 aliphatic heterocycles. The van der Waals surface area contributed by atoms with Gasteiger partial charge in [-0.3, -0.25) is 0 Å². The molecule has 0 aromatic carbocycles. The molecule has 0 aliphatic carbocycles. The maximum absolute atomic E-state index is 3.31. The van der Waals surface area contributed by atoms with Gasteiger partial charge in [0.2, 0.25) is 0 Å². The fourth-order valence-corrected chi connectivity index (χ4v) is 0.520. The van der Waals surface area contributed by atoms with Gasteiger partial charge < -0.3 is 0 Å².